The van der Waals surface area contributed by atoms with E-state index >= 15 is 0 Å². The quantitative estimate of drug-likeness (QED) is 0.822. The van der Waals surface area contributed by atoms with Crippen LogP contribution < -0.4 is 9.64 Å². The van der Waals surface area contributed by atoms with Gasteiger partial charge in [-0.1, -0.05) is 25.1 Å². The molecule has 4 nitrogen and oxygen atoms in total. The average molecular weight is 372 g/mol. The average Bonchev–Trinajstić information content (AvgIpc) is 2.68. The Morgan fingerprint density at radius 3 is 2.62 bits per heavy atom. The van der Waals surface area contributed by atoms with Crippen LogP contribution in [0.1, 0.15) is 31.7 Å². The molecule has 4 rings (SSSR count). The highest BCUT2D eigenvalue weighted by molar-refractivity contribution is 7.91. The third-order valence-electron chi connectivity index (χ3n) is 5.63. The molecule has 0 aromatic heterocycles. The number of nitrogens with zero attached hydrogens (tertiary/aromatic N) is 1. The molecule has 0 saturated carbocycles. The highest BCUT2D eigenvalue weighted by Crippen LogP contribution is 2.39. The zero-order valence-corrected chi connectivity index (χ0v) is 16.0. The second-order valence-corrected chi connectivity index (χ2v) is 9.59. The van der Waals surface area contributed by atoms with Gasteiger partial charge in [-0.05, 0) is 61.6 Å². The maximum absolute atomic E-state index is 12.0. The van der Waals surface area contributed by atoms with Crippen molar-refractivity contribution >= 4 is 15.5 Å². The van der Waals surface area contributed by atoms with Crippen molar-refractivity contribution in [2.75, 3.05) is 23.7 Å². The first kappa shape index (κ1) is 17.4. The lowest BCUT2D eigenvalue weighted by molar-refractivity contribution is 0.0320. The van der Waals surface area contributed by atoms with Gasteiger partial charge in [-0.3, -0.25) is 0 Å². The van der Waals surface area contributed by atoms with Crippen molar-refractivity contribution in [2.45, 2.75) is 43.1 Å². The van der Waals surface area contributed by atoms with Gasteiger partial charge in [0, 0.05) is 12.2 Å². The topological polar surface area (TPSA) is 46.6 Å². The van der Waals surface area contributed by atoms with E-state index < -0.39 is 9.84 Å². The highest BCUT2D eigenvalue weighted by atomic mass is 32.2. The van der Waals surface area contributed by atoms with Crippen molar-refractivity contribution in [3.63, 3.8) is 0 Å². The van der Waals surface area contributed by atoms with Gasteiger partial charge >= 0.3 is 0 Å². The number of aryl methyl sites for hydroxylation is 1. The Hall–Kier alpha value is -2.01. The Balaban J connectivity index is 1.54. The minimum Gasteiger partial charge on any atom is -0.485 e. The molecular weight excluding hydrogens is 346 g/mol. The van der Waals surface area contributed by atoms with Gasteiger partial charge in [0.1, 0.15) is 11.4 Å². The molecule has 1 atom stereocenters. The van der Waals surface area contributed by atoms with Crippen molar-refractivity contribution in [1.82, 2.24) is 0 Å². The maximum atomic E-state index is 12.0. The molecule has 2 aliphatic heterocycles. The van der Waals surface area contributed by atoms with E-state index in [0.29, 0.717) is 4.90 Å². The van der Waals surface area contributed by atoms with Gasteiger partial charge in [0.15, 0.2) is 9.84 Å². The minimum atomic E-state index is -3.15. The molecule has 0 amide bonds. The van der Waals surface area contributed by atoms with E-state index in [4.69, 9.17) is 4.74 Å². The summed E-state index contributed by atoms with van der Waals surface area (Å²) < 4.78 is 30.5. The lowest BCUT2D eigenvalue weighted by Crippen LogP contribution is -2.53. The summed E-state index contributed by atoms with van der Waals surface area (Å²) >= 11 is 0. The Morgan fingerprint density at radius 1 is 1.08 bits per heavy atom. The van der Waals surface area contributed by atoms with Crippen LogP contribution in [0.3, 0.4) is 0 Å². The lowest BCUT2D eigenvalue weighted by atomic mass is 9.84. The van der Waals surface area contributed by atoms with E-state index in [1.807, 2.05) is 18.2 Å². The first-order chi connectivity index (χ1) is 12.5. The van der Waals surface area contributed by atoms with Crippen molar-refractivity contribution < 1.29 is 13.2 Å². The van der Waals surface area contributed by atoms with Crippen LogP contribution in [0.2, 0.25) is 0 Å². The molecule has 2 aromatic carbocycles. The first-order valence-corrected chi connectivity index (χ1v) is 11.0. The van der Waals surface area contributed by atoms with Crippen LogP contribution in [0.4, 0.5) is 5.69 Å². The zero-order valence-electron chi connectivity index (χ0n) is 15.1. The molecule has 1 fully saturated rings. The number of benzene rings is 2. The fourth-order valence-electron chi connectivity index (χ4n) is 4.09. The summed E-state index contributed by atoms with van der Waals surface area (Å²) in [7, 11) is -3.15. The molecule has 5 heteroatoms. The normalized spacial score (nSPS) is 22.7. The molecule has 138 valence electrons. The van der Waals surface area contributed by atoms with Crippen LogP contribution in [0.5, 0.6) is 5.75 Å². The Labute approximate surface area is 155 Å². The minimum absolute atomic E-state index is 0.131. The summed E-state index contributed by atoms with van der Waals surface area (Å²) in [6, 6.07) is 15.6. The van der Waals surface area contributed by atoms with Crippen LogP contribution in [0, 0.1) is 0 Å². The molecule has 2 heterocycles. The van der Waals surface area contributed by atoms with Crippen LogP contribution in [0.15, 0.2) is 53.4 Å². The standard InChI is InChI=1S/C21H25NO3S/c1-2-26(23,24)19-10-8-18(9-11-19)22-15-5-13-21(16-22)14-12-17-6-3-4-7-20(17)25-21/h3-4,6-11H,2,5,12-16H2,1H3. The molecule has 0 N–H and O–H groups in total. The van der Waals surface area contributed by atoms with Crippen molar-refractivity contribution in [3.05, 3.63) is 54.1 Å². The molecule has 1 spiro atoms. The van der Waals surface area contributed by atoms with E-state index in [2.05, 4.69) is 23.1 Å². The van der Waals surface area contributed by atoms with Crippen LogP contribution in [0.25, 0.3) is 0 Å². The molecule has 0 aliphatic carbocycles. The Bertz CT molecular complexity index is 892. The summed E-state index contributed by atoms with van der Waals surface area (Å²) in [6.45, 7) is 3.50. The molecule has 26 heavy (non-hydrogen) atoms. The molecule has 2 aliphatic rings. The Kier molecular flexibility index (Phi) is 4.43. The number of sulfone groups is 1. The molecule has 1 saturated heterocycles. The smallest absolute Gasteiger partial charge is 0.178 e. The second kappa shape index (κ2) is 6.62. The summed E-state index contributed by atoms with van der Waals surface area (Å²) in [5, 5.41) is 0. The highest BCUT2D eigenvalue weighted by Gasteiger charge is 2.40. The van der Waals surface area contributed by atoms with E-state index in [1.54, 1.807) is 19.1 Å². The number of anilines is 1. The van der Waals surface area contributed by atoms with Gasteiger partial charge in [0.25, 0.3) is 0 Å². The van der Waals surface area contributed by atoms with Crippen LogP contribution in [-0.4, -0.2) is 32.9 Å². The second-order valence-electron chi connectivity index (χ2n) is 7.32. The van der Waals surface area contributed by atoms with Gasteiger partial charge in [0.05, 0.1) is 17.2 Å². The number of hydrogen-bond acceptors (Lipinski definition) is 4. The number of hydrogen-bond donors (Lipinski definition) is 0. The SMILES string of the molecule is CCS(=O)(=O)c1ccc(N2CCCC3(CCc4ccccc4O3)C2)cc1. The van der Waals surface area contributed by atoms with Gasteiger partial charge in [0.2, 0.25) is 0 Å². The van der Waals surface area contributed by atoms with E-state index in [1.165, 1.54) is 5.56 Å². The van der Waals surface area contributed by atoms with E-state index in [-0.39, 0.29) is 11.4 Å². The zero-order chi connectivity index (χ0) is 18.2. The third-order valence-corrected chi connectivity index (χ3v) is 7.38. The summed E-state index contributed by atoms with van der Waals surface area (Å²) in [4.78, 5) is 2.73. The fraction of sp³-hybridized carbons (Fsp3) is 0.429. The molecular formula is C21H25NO3S. The fourth-order valence-corrected chi connectivity index (χ4v) is 4.98. The summed E-state index contributed by atoms with van der Waals surface area (Å²) in [5.74, 6) is 1.15. The largest absolute Gasteiger partial charge is 0.485 e. The number of fused-ring (bicyclic) bond motifs is 1. The summed E-state index contributed by atoms with van der Waals surface area (Å²) in [6.07, 6.45) is 4.23. The number of ether oxygens (including phenoxy) is 1. The van der Waals surface area contributed by atoms with Gasteiger partial charge < -0.3 is 9.64 Å². The maximum Gasteiger partial charge on any atom is 0.178 e. The van der Waals surface area contributed by atoms with Crippen LogP contribution >= 0.6 is 0 Å². The molecule has 0 bridgehead atoms. The predicted molar refractivity (Wildman–Crippen MR) is 104 cm³/mol. The first-order valence-electron chi connectivity index (χ1n) is 9.36. The van der Waals surface area contributed by atoms with E-state index in [9.17, 15) is 8.42 Å². The predicted octanol–water partition coefficient (Wildman–Crippen LogP) is 3.84. The van der Waals surface area contributed by atoms with Gasteiger partial charge in [-0.2, -0.15) is 0 Å². The van der Waals surface area contributed by atoms with Crippen LogP contribution in [-0.2, 0) is 16.3 Å². The van der Waals surface area contributed by atoms with Crippen molar-refractivity contribution in [2.24, 2.45) is 0 Å². The molecule has 2 aromatic rings. The lowest BCUT2D eigenvalue weighted by Gasteiger charge is -2.46. The van der Waals surface area contributed by atoms with Gasteiger partial charge in [-0.15, -0.1) is 0 Å². The Morgan fingerprint density at radius 2 is 1.85 bits per heavy atom. The number of para-hydroxylation sites is 1. The number of piperidine rings is 1. The van der Waals surface area contributed by atoms with E-state index in [0.717, 1.165) is 50.2 Å². The summed E-state index contributed by atoms with van der Waals surface area (Å²) in [5.41, 5.74) is 2.23. The third kappa shape index (κ3) is 3.20. The molecule has 0 radical (unpaired) electrons. The monoisotopic (exact) mass is 371 g/mol. The molecule has 1 unspecified atom stereocenters. The van der Waals surface area contributed by atoms with Crippen molar-refractivity contribution in [3.8, 4) is 5.75 Å². The van der Waals surface area contributed by atoms with Crippen molar-refractivity contribution in [1.29, 1.82) is 0 Å². The van der Waals surface area contributed by atoms with Gasteiger partial charge in [-0.25, -0.2) is 8.42 Å². The number of rotatable bonds is 3.